The van der Waals surface area contributed by atoms with Crippen LogP contribution in [0.2, 0.25) is 0 Å². The van der Waals surface area contributed by atoms with Crippen LogP contribution in [0.5, 0.6) is 0 Å². The molecule has 2 aliphatic carbocycles. The van der Waals surface area contributed by atoms with E-state index in [1.165, 1.54) is 0 Å². The van der Waals surface area contributed by atoms with Crippen molar-refractivity contribution < 1.29 is 13.5 Å². The lowest BCUT2D eigenvalue weighted by Crippen LogP contribution is -2.60. The standard InChI is InChI=1S/C15H27NO3S/c1-11(2)13-10-15(14(13)17)6-8-16(9-7-15)20(18,19)12-4-3-5-12/h11-14,17H,3-10H2,1-2H3. The molecule has 0 amide bonds. The van der Waals surface area contributed by atoms with E-state index in [0.29, 0.717) is 24.9 Å². The maximum absolute atomic E-state index is 12.4. The third kappa shape index (κ3) is 2.13. The van der Waals surface area contributed by atoms with Crippen molar-refractivity contribution in [3.05, 3.63) is 0 Å². The molecule has 0 aromatic heterocycles. The van der Waals surface area contributed by atoms with E-state index >= 15 is 0 Å². The quantitative estimate of drug-likeness (QED) is 0.867. The summed E-state index contributed by atoms with van der Waals surface area (Å²) >= 11 is 0. The third-order valence-electron chi connectivity index (χ3n) is 6.08. The first-order valence-electron chi connectivity index (χ1n) is 8.04. The number of piperidine rings is 1. The fourth-order valence-electron chi connectivity index (χ4n) is 4.16. The van der Waals surface area contributed by atoms with Crippen molar-refractivity contribution in [2.24, 2.45) is 17.3 Å². The van der Waals surface area contributed by atoms with Crippen molar-refractivity contribution in [1.82, 2.24) is 4.31 Å². The van der Waals surface area contributed by atoms with Crippen molar-refractivity contribution in [1.29, 1.82) is 0 Å². The SMILES string of the molecule is CC(C)C1CC2(CCN(S(=O)(=O)C3CCC3)CC2)C1O. The van der Waals surface area contributed by atoms with Crippen LogP contribution in [-0.4, -0.2) is 42.3 Å². The first-order chi connectivity index (χ1) is 9.37. The lowest BCUT2D eigenvalue weighted by atomic mass is 9.53. The van der Waals surface area contributed by atoms with Crippen LogP contribution in [0.1, 0.15) is 52.4 Å². The molecule has 2 atom stereocenters. The summed E-state index contributed by atoms with van der Waals surface area (Å²) in [6.07, 6.45) is 5.24. The molecule has 0 radical (unpaired) electrons. The van der Waals surface area contributed by atoms with Gasteiger partial charge in [0.05, 0.1) is 11.4 Å². The molecule has 1 heterocycles. The van der Waals surface area contributed by atoms with Gasteiger partial charge >= 0.3 is 0 Å². The molecule has 0 aromatic carbocycles. The molecule has 3 fully saturated rings. The summed E-state index contributed by atoms with van der Waals surface area (Å²) < 4.78 is 26.5. The second kappa shape index (κ2) is 4.96. The second-order valence-corrected chi connectivity index (χ2v) is 9.63. The first kappa shape index (κ1) is 14.8. The van der Waals surface area contributed by atoms with E-state index in [2.05, 4.69) is 13.8 Å². The number of rotatable bonds is 3. The Labute approximate surface area is 122 Å². The molecule has 4 nitrogen and oxygen atoms in total. The number of aliphatic hydroxyl groups excluding tert-OH is 1. The molecule has 1 saturated heterocycles. The van der Waals surface area contributed by atoms with Crippen LogP contribution in [0.15, 0.2) is 0 Å². The highest BCUT2D eigenvalue weighted by Gasteiger charge is 2.55. The Kier molecular flexibility index (Phi) is 3.67. The van der Waals surface area contributed by atoms with Gasteiger partial charge in [0.25, 0.3) is 0 Å². The van der Waals surface area contributed by atoms with E-state index in [1.807, 2.05) is 0 Å². The summed E-state index contributed by atoms with van der Waals surface area (Å²) in [5.74, 6) is 0.928. The average molecular weight is 301 g/mol. The highest BCUT2D eigenvalue weighted by molar-refractivity contribution is 7.89. The van der Waals surface area contributed by atoms with Gasteiger partial charge in [-0.25, -0.2) is 12.7 Å². The van der Waals surface area contributed by atoms with Gasteiger partial charge in [-0.3, -0.25) is 0 Å². The molecule has 1 spiro atoms. The van der Waals surface area contributed by atoms with Crippen LogP contribution in [0.25, 0.3) is 0 Å². The molecular formula is C15H27NO3S. The summed E-state index contributed by atoms with van der Waals surface area (Å²) in [7, 11) is -3.06. The Hall–Kier alpha value is -0.130. The summed E-state index contributed by atoms with van der Waals surface area (Å²) in [6, 6.07) is 0. The number of aliphatic hydroxyl groups is 1. The minimum Gasteiger partial charge on any atom is -0.392 e. The smallest absolute Gasteiger partial charge is 0.216 e. The van der Waals surface area contributed by atoms with E-state index in [9.17, 15) is 13.5 Å². The van der Waals surface area contributed by atoms with Crippen LogP contribution in [0.4, 0.5) is 0 Å². The van der Waals surface area contributed by atoms with Crippen LogP contribution in [-0.2, 0) is 10.0 Å². The summed E-state index contributed by atoms with van der Waals surface area (Å²) in [6.45, 7) is 5.55. The van der Waals surface area contributed by atoms with E-state index in [1.54, 1.807) is 4.31 Å². The van der Waals surface area contributed by atoms with Gasteiger partial charge in [0, 0.05) is 13.1 Å². The number of hydrogen-bond donors (Lipinski definition) is 1. The van der Waals surface area contributed by atoms with Gasteiger partial charge in [0.15, 0.2) is 0 Å². The number of sulfonamides is 1. The normalized spacial score (nSPS) is 35.0. The van der Waals surface area contributed by atoms with E-state index < -0.39 is 10.0 Å². The highest BCUT2D eigenvalue weighted by Crippen LogP contribution is 2.55. The topological polar surface area (TPSA) is 57.6 Å². The zero-order valence-electron chi connectivity index (χ0n) is 12.6. The third-order valence-corrected chi connectivity index (χ3v) is 8.48. The predicted octanol–water partition coefficient (Wildman–Crippen LogP) is 1.99. The van der Waals surface area contributed by atoms with Crippen LogP contribution in [0, 0.1) is 17.3 Å². The summed E-state index contributed by atoms with van der Waals surface area (Å²) in [5, 5.41) is 10.3. The zero-order chi connectivity index (χ0) is 14.5. The highest BCUT2D eigenvalue weighted by atomic mass is 32.2. The zero-order valence-corrected chi connectivity index (χ0v) is 13.4. The van der Waals surface area contributed by atoms with Gasteiger partial charge in [-0.1, -0.05) is 20.3 Å². The molecule has 0 bridgehead atoms. The van der Waals surface area contributed by atoms with Crippen LogP contribution < -0.4 is 0 Å². The molecule has 116 valence electrons. The van der Waals surface area contributed by atoms with Crippen LogP contribution >= 0.6 is 0 Å². The maximum atomic E-state index is 12.4. The Morgan fingerprint density at radius 2 is 1.80 bits per heavy atom. The Bertz CT molecular complexity index is 462. The first-order valence-corrected chi connectivity index (χ1v) is 9.54. The average Bonchev–Trinajstić information content (AvgIpc) is 2.33. The van der Waals surface area contributed by atoms with Gasteiger partial charge in [0.2, 0.25) is 10.0 Å². The Morgan fingerprint density at radius 3 is 2.20 bits per heavy atom. The lowest BCUT2D eigenvalue weighted by molar-refractivity contribution is -0.156. The monoisotopic (exact) mass is 301 g/mol. The molecule has 1 aliphatic heterocycles. The van der Waals surface area contributed by atoms with E-state index in [-0.39, 0.29) is 16.8 Å². The minimum atomic E-state index is -3.06. The Balaban J connectivity index is 1.61. The second-order valence-electron chi connectivity index (χ2n) is 7.42. The summed E-state index contributed by atoms with van der Waals surface area (Å²) in [5.41, 5.74) is 0.0145. The molecule has 1 N–H and O–H groups in total. The van der Waals surface area contributed by atoms with Gasteiger partial charge in [-0.05, 0) is 49.4 Å². The lowest BCUT2D eigenvalue weighted by Gasteiger charge is -2.57. The van der Waals surface area contributed by atoms with Gasteiger partial charge in [-0.15, -0.1) is 0 Å². The molecule has 3 rings (SSSR count). The van der Waals surface area contributed by atoms with Gasteiger partial charge < -0.3 is 5.11 Å². The molecule has 5 heteroatoms. The van der Waals surface area contributed by atoms with Gasteiger partial charge in [0.1, 0.15) is 0 Å². The largest absolute Gasteiger partial charge is 0.392 e. The molecule has 2 unspecified atom stereocenters. The van der Waals surface area contributed by atoms with E-state index in [0.717, 1.165) is 38.5 Å². The Morgan fingerprint density at radius 1 is 1.20 bits per heavy atom. The number of nitrogens with zero attached hydrogens (tertiary/aromatic N) is 1. The number of hydrogen-bond acceptors (Lipinski definition) is 3. The fraction of sp³-hybridized carbons (Fsp3) is 1.00. The fourth-order valence-corrected chi connectivity index (χ4v) is 6.20. The van der Waals surface area contributed by atoms with E-state index in [4.69, 9.17) is 0 Å². The van der Waals surface area contributed by atoms with Crippen molar-refractivity contribution in [2.45, 2.75) is 63.7 Å². The van der Waals surface area contributed by atoms with Crippen molar-refractivity contribution >= 4 is 10.0 Å². The summed E-state index contributed by atoms with van der Waals surface area (Å²) in [4.78, 5) is 0. The molecule has 20 heavy (non-hydrogen) atoms. The molecule has 0 aromatic rings. The molecule has 3 aliphatic rings. The van der Waals surface area contributed by atoms with Crippen molar-refractivity contribution in [3.63, 3.8) is 0 Å². The van der Waals surface area contributed by atoms with Crippen LogP contribution in [0.3, 0.4) is 0 Å². The van der Waals surface area contributed by atoms with Gasteiger partial charge in [-0.2, -0.15) is 0 Å². The molecule has 2 saturated carbocycles. The minimum absolute atomic E-state index is 0.0145. The van der Waals surface area contributed by atoms with Crippen molar-refractivity contribution in [3.8, 4) is 0 Å². The molecular weight excluding hydrogens is 274 g/mol. The maximum Gasteiger partial charge on any atom is 0.216 e. The van der Waals surface area contributed by atoms with Crippen molar-refractivity contribution in [2.75, 3.05) is 13.1 Å². The predicted molar refractivity (Wildman–Crippen MR) is 78.8 cm³/mol.